The van der Waals surface area contributed by atoms with Gasteiger partial charge >= 0.3 is 5.65 Å². The molecule has 194 valence electrons. The third-order valence-corrected chi connectivity index (χ3v) is 7.62. The molecule has 0 saturated heterocycles. The molecule has 3 rings (SSSR count). The van der Waals surface area contributed by atoms with Crippen molar-refractivity contribution < 1.29 is 23.9 Å². The summed E-state index contributed by atoms with van der Waals surface area (Å²) < 4.78 is 24.1. The minimum atomic E-state index is -1.78. The normalized spacial score (nSPS) is 16.1. The molecule has 0 atom stereocenters. The van der Waals surface area contributed by atoms with Crippen molar-refractivity contribution in [2.75, 3.05) is 18.1 Å². The lowest BCUT2D eigenvalue weighted by Crippen LogP contribution is -2.53. The maximum absolute atomic E-state index is 14.0. The van der Waals surface area contributed by atoms with Crippen LogP contribution in [0.1, 0.15) is 72.1 Å². The van der Waals surface area contributed by atoms with Crippen molar-refractivity contribution in [3.8, 4) is 5.75 Å². The second-order valence-corrected chi connectivity index (χ2v) is 12.5. The van der Waals surface area contributed by atoms with Crippen molar-refractivity contribution in [3.63, 3.8) is 0 Å². The van der Waals surface area contributed by atoms with E-state index in [1.165, 1.54) is 16.7 Å². The van der Waals surface area contributed by atoms with Crippen molar-refractivity contribution in [3.05, 3.63) is 58.0 Å². The molecule has 1 aliphatic heterocycles. The van der Waals surface area contributed by atoms with Crippen LogP contribution in [-0.4, -0.2) is 29.9 Å². The van der Waals surface area contributed by atoms with Crippen LogP contribution in [0, 0.1) is 0 Å². The molecular formula is C28H36NO5PS. The fourth-order valence-electron chi connectivity index (χ4n) is 4.16. The first-order valence-corrected chi connectivity index (χ1v) is 13.8. The summed E-state index contributed by atoms with van der Waals surface area (Å²) in [4.78, 5) is 16.6. The fraction of sp³-hybridized carbons (Fsp3) is 0.464. The third-order valence-electron chi connectivity index (χ3n) is 5.85. The number of hydrogen-bond acceptors (Lipinski definition) is 6. The molecule has 0 spiro atoms. The van der Waals surface area contributed by atoms with E-state index in [2.05, 4.69) is 41.5 Å². The summed E-state index contributed by atoms with van der Waals surface area (Å²) in [6.07, 6.45) is 1.82. The highest BCUT2D eigenvalue weighted by Crippen LogP contribution is 2.48. The summed E-state index contributed by atoms with van der Waals surface area (Å²) in [6.45, 7) is 16.2. The predicted octanol–water partition coefficient (Wildman–Crippen LogP) is 7.44. The lowest BCUT2D eigenvalue weighted by atomic mass is 9.78. The number of ether oxygens (including phenoxy) is 2. The first-order valence-electron chi connectivity index (χ1n) is 12.1. The van der Waals surface area contributed by atoms with Gasteiger partial charge in [0.2, 0.25) is 8.46 Å². The van der Waals surface area contributed by atoms with Gasteiger partial charge in [-0.15, -0.1) is 0 Å². The molecule has 36 heavy (non-hydrogen) atoms. The van der Waals surface area contributed by atoms with E-state index in [9.17, 15) is 14.5 Å². The van der Waals surface area contributed by atoms with E-state index in [-0.39, 0.29) is 35.7 Å². The van der Waals surface area contributed by atoms with Gasteiger partial charge in [0.05, 0.1) is 10.6 Å². The molecule has 0 aromatic heterocycles. The third kappa shape index (κ3) is 5.55. The smallest absolute Gasteiger partial charge is 0.343 e. The zero-order chi connectivity index (χ0) is 26.9. The summed E-state index contributed by atoms with van der Waals surface area (Å²) in [5, 5.41) is 11.1. The van der Waals surface area contributed by atoms with Crippen LogP contribution < -0.4 is 4.90 Å². The second kappa shape index (κ2) is 10.7. The zero-order valence-electron chi connectivity index (χ0n) is 22.3. The standard InChI is InChI=1S/C28H36NO5PS/c1-9-33-28(35-32,34-10-2)29-21-13-11-12-14-22(21)36-23(25(29)31)17-18-15-19(26(3,4)5)24(30)20(16-18)27(6,7)8/h11-17,30H,9-10H2,1-8H3. The molecule has 1 N–H and O–H groups in total. The van der Waals surface area contributed by atoms with Crippen molar-refractivity contribution >= 4 is 37.9 Å². The Kier molecular flexibility index (Phi) is 8.41. The van der Waals surface area contributed by atoms with Crippen LogP contribution in [-0.2, 0) is 29.7 Å². The van der Waals surface area contributed by atoms with E-state index in [1.54, 1.807) is 19.9 Å². The van der Waals surface area contributed by atoms with Gasteiger partial charge in [-0.3, -0.25) is 9.36 Å². The van der Waals surface area contributed by atoms with Crippen molar-refractivity contribution in [1.82, 2.24) is 0 Å². The van der Waals surface area contributed by atoms with Gasteiger partial charge in [-0.2, -0.15) is 0 Å². The minimum Gasteiger partial charge on any atom is -0.507 e. The number of carbonyl (C=O) groups is 1. The first kappa shape index (κ1) is 28.4. The number of carbonyl (C=O) groups excluding carboxylic acids is 1. The number of hydrogen-bond donors (Lipinski definition) is 1. The van der Waals surface area contributed by atoms with Crippen LogP contribution in [0.25, 0.3) is 6.08 Å². The molecule has 0 radical (unpaired) electrons. The summed E-state index contributed by atoms with van der Waals surface area (Å²) in [5.74, 6) is -0.0877. The van der Waals surface area contributed by atoms with Gasteiger partial charge in [-0.1, -0.05) is 65.4 Å². The summed E-state index contributed by atoms with van der Waals surface area (Å²) >= 11 is 1.35. The molecule has 0 bridgehead atoms. The number of para-hydroxylation sites is 1. The highest BCUT2D eigenvalue weighted by Gasteiger charge is 2.48. The number of phenols is 1. The Morgan fingerprint density at radius 2 is 1.50 bits per heavy atom. The van der Waals surface area contributed by atoms with Crippen LogP contribution in [0.15, 0.2) is 46.2 Å². The Balaban J connectivity index is 2.25. The molecule has 1 aliphatic rings. The Hall–Kier alpha value is -2.18. The van der Waals surface area contributed by atoms with E-state index in [0.29, 0.717) is 10.6 Å². The molecule has 1 heterocycles. The first-order chi connectivity index (χ1) is 16.8. The quantitative estimate of drug-likeness (QED) is 0.228. The van der Waals surface area contributed by atoms with Crippen molar-refractivity contribution in [2.45, 2.75) is 76.8 Å². The summed E-state index contributed by atoms with van der Waals surface area (Å²) in [7, 11) is -0.479. The van der Waals surface area contributed by atoms with E-state index in [0.717, 1.165) is 21.6 Å². The lowest BCUT2D eigenvalue weighted by molar-refractivity contribution is -0.173. The van der Waals surface area contributed by atoms with Gasteiger partial charge in [0.1, 0.15) is 5.75 Å². The van der Waals surface area contributed by atoms with E-state index >= 15 is 0 Å². The number of anilines is 1. The van der Waals surface area contributed by atoms with Gasteiger partial charge in [0.15, 0.2) is 0 Å². The second-order valence-electron chi connectivity index (χ2n) is 10.7. The van der Waals surface area contributed by atoms with Gasteiger partial charge in [0.25, 0.3) is 5.91 Å². The van der Waals surface area contributed by atoms with Gasteiger partial charge in [0, 0.05) is 29.2 Å². The Morgan fingerprint density at radius 1 is 0.972 bits per heavy atom. The van der Waals surface area contributed by atoms with Gasteiger partial charge in [-0.25, -0.2) is 4.90 Å². The van der Waals surface area contributed by atoms with Crippen LogP contribution in [0.5, 0.6) is 5.75 Å². The molecular weight excluding hydrogens is 493 g/mol. The lowest BCUT2D eigenvalue weighted by Gasteiger charge is -2.40. The molecule has 0 aliphatic carbocycles. The average Bonchev–Trinajstić information content (AvgIpc) is 2.79. The van der Waals surface area contributed by atoms with Crippen molar-refractivity contribution in [1.29, 1.82) is 0 Å². The molecule has 6 nitrogen and oxygen atoms in total. The average molecular weight is 530 g/mol. The number of nitrogens with zero attached hydrogens (tertiary/aromatic N) is 1. The van der Waals surface area contributed by atoms with Crippen LogP contribution in [0.4, 0.5) is 5.69 Å². The predicted molar refractivity (Wildman–Crippen MR) is 147 cm³/mol. The topological polar surface area (TPSA) is 76.1 Å². The maximum atomic E-state index is 14.0. The highest BCUT2D eigenvalue weighted by atomic mass is 32.2. The number of thioether (sulfide) groups is 1. The number of amides is 1. The number of benzene rings is 2. The Labute approximate surface area is 220 Å². The number of rotatable bonds is 7. The van der Waals surface area contributed by atoms with E-state index < -0.39 is 14.1 Å². The Bertz CT molecular complexity index is 1140. The largest absolute Gasteiger partial charge is 0.507 e. The Morgan fingerprint density at radius 3 is 1.97 bits per heavy atom. The van der Waals surface area contributed by atoms with Crippen LogP contribution in [0.2, 0.25) is 0 Å². The summed E-state index contributed by atoms with van der Waals surface area (Å²) in [5.41, 5.74) is 0.607. The minimum absolute atomic E-state index is 0.204. The molecule has 0 saturated carbocycles. The highest BCUT2D eigenvalue weighted by molar-refractivity contribution is 8.04. The number of aromatic hydroxyl groups is 1. The molecule has 2 aromatic carbocycles. The van der Waals surface area contributed by atoms with E-state index in [4.69, 9.17) is 9.47 Å². The maximum Gasteiger partial charge on any atom is 0.343 e. The fourth-order valence-corrected chi connectivity index (χ4v) is 5.82. The van der Waals surface area contributed by atoms with E-state index in [1.807, 2.05) is 36.4 Å². The zero-order valence-corrected chi connectivity index (χ0v) is 24.0. The van der Waals surface area contributed by atoms with Gasteiger partial charge in [-0.05, 0) is 60.6 Å². The summed E-state index contributed by atoms with van der Waals surface area (Å²) in [6, 6.07) is 11.3. The molecule has 2 aromatic rings. The number of phenolic OH excluding ortho intramolecular Hbond substituents is 1. The molecule has 8 heteroatoms. The van der Waals surface area contributed by atoms with Crippen molar-refractivity contribution in [2.24, 2.45) is 0 Å². The number of fused-ring (bicyclic) bond motifs is 1. The van der Waals surface area contributed by atoms with Crippen LogP contribution in [0.3, 0.4) is 0 Å². The SMILES string of the molecule is CCOC(OCC)(P=O)N1C(=O)C(=Cc2cc(C(C)(C)C)c(O)c(C(C)(C)C)c2)Sc2ccccc21. The molecule has 0 unspecified atom stereocenters. The monoisotopic (exact) mass is 529 g/mol. The molecule has 0 fully saturated rings. The van der Waals surface area contributed by atoms with Gasteiger partial charge < -0.3 is 14.6 Å². The van der Waals surface area contributed by atoms with Crippen LogP contribution >= 0.6 is 20.2 Å². The molecule has 1 amide bonds.